The van der Waals surface area contributed by atoms with E-state index in [-0.39, 0.29) is 5.91 Å². The number of amides is 1. The minimum Gasteiger partial charge on any atom is -0.482 e. The molecular formula is C19H21NO5S. The van der Waals surface area contributed by atoms with E-state index >= 15 is 0 Å². The average Bonchev–Trinajstić information content (AvgIpc) is 2.62. The molecule has 6 nitrogen and oxygen atoms in total. The van der Waals surface area contributed by atoms with Crippen LogP contribution in [0.2, 0.25) is 0 Å². The largest absolute Gasteiger partial charge is 0.482 e. The molecule has 0 aliphatic carbocycles. The van der Waals surface area contributed by atoms with Crippen LogP contribution in [0.5, 0.6) is 11.5 Å². The van der Waals surface area contributed by atoms with Crippen LogP contribution in [0.15, 0.2) is 47.4 Å². The second-order valence-electron chi connectivity index (χ2n) is 5.58. The number of hydrogen-bond donors (Lipinski definition) is 2. The lowest BCUT2D eigenvalue weighted by atomic mass is 10.2. The summed E-state index contributed by atoms with van der Waals surface area (Å²) in [6.45, 7) is 3.07. The summed E-state index contributed by atoms with van der Waals surface area (Å²) in [5.41, 5.74) is 1.38. The zero-order valence-corrected chi connectivity index (χ0v) is 15.6. The van der Waals surface area contributed by atoms with E-state index in [0.717, 1.165) is 10.5 Å². The highest BCUT2D eigenvalue weighted by atomic mass is 32.2. The number of nitrogens with one attached hydrogen (secondary N) is 1. The van der Waals surface area contributed by atoms with Gasteiger partial charge in [-0.15, -0.1) is 11.8 Å². The minimum absolute atomic E-state index is 0.277. The van der Waals surface area contributed by atoms with Gasteiger partial charge in [0.15, 0.2) is 12.7 Å². The number of carbonyl (C=O) groups is 2. The molecule has 2 rings (SSSR count). The van der Waals surface area contributed by atoms with E-state index in [1.165, 1.54) is 0 Å². The molecule has 2 aromatic carbocycles. The maximum Gasteiger partial charge on any atom is 0.341 e. The summed E-state index contributed by atoms with van der Waals surface area (Å²) < 4.78 is 10.8. The molecule has 2 N–H and O–H groups in total. The van der Waals surface area contributed by atoms with E-state index in [9.17, 15) is 9.59 Å². The van der Waals surface area contributed by atoms with Crippen molar-refractivity contribution in [2.45, 2.75) is 24.8 Å². The number of thioether (sulfide) groups is 1. The van der Waals surface area contributed by atoms with E-state index in [0.29, 0.717) is 17.2 Å². The van der Waals surface area contributed by atoms with Crippen LogP contribution in [-0.2, 0) is 9.59 Å². The van der Waals surface area contributed by atoms with Gasteiger partial charge in [-0.3, -0.25) is 4.79 Å². The smallest absolute Gasteiger partial charge is 0.341 e. The van der Waals surface area contributed by atoms with Crippen molar-refractivity contribution in [2.24, 2.45) is 0 Å². The molecule has 0 aliphatic heterocycles. The maximum absolute atomic E-state index is 12.3. The topological polar surface area (TPSA) is 84.9 Å². The zero-order chi connectivity index (χ0) is 19.1. The molecule has 1 unspecified atom stereocenters. The molecule has 2 aromatic rings. The van der Waals surface area contributed by atoms with Gasteiger partial charge in [0.1, 0.15) is 11.5 Å². The predicted octanol–water partition coefficient (Wildman–Crippen LogP) is 3.59. The van der Waals surface area contributed by atoms with Crippen LogP contribution in [0.3, 0.4) is 0 Å². The molecule has 26 heavy (non-hydrogen) atoms. The Morgan fingerprint density at radius 1 is 1.15 bits per heavy atom. The standard InChI is InChI=1S/C19H21NO5S/c1-12-10-15(24-11-18(21)22)6-9-17(12)20-19(23)13(2)25-14-4-7-16(26-3)8-5-14/h4-10,13H,11H2,1-3H3,(H,20,23)(H,21,22). The van der Waals surface area contributed by atoms with E-state index in [4.69, 9.17) is 14.6 Å². The molecule has 0 spiro atoms. The Labute approximate surface area is 156 Å². The van der Waals surface area contributed by atoms with Gasteiger partial charge in [0.25, 0.3) is 5.91 Å². The Bertz CT molecular complexity index is 776. The SMILES string of the molecule is CSc1ccc(OC(C)C(=O)Nc2ccc(OCC(=O)O)cc2C)cc1. The highest BCUT2D eigenvalue weighted by molar-refractivity contribution is 7.98. The highest BCUT2D eigenvalue weighted by Gasteiger charge is 2.16. The van der Waals surface area contributed by atoms with Gasteiger partial charge in [-0.25, -0.2) is 4.79 Å². The number of hydrogen-bond acceptors (Lipinski definition) is 5. The van der Waals surface area contributed by atoms with Crippen molar-refractivity contribution >= 4 is 29.3 Å². The van der Waals surface area contributed by atoms with Crippen LogP contribution in [0.1, 0.15) is 12.5 Å². The van der Waals surface area contributed by atoms with Crippen molar-refractivity contribution < 1.29 is 24.2 Å². The summed E-state index contributed by atoms with van der Waals surface area (Å²) in [5.74, 6) is -0.265. The lowest BCUT2D eigenvalue weighted by Crippen LogP contribution is -2.30. The first kappa shape index (κ1) is 19.7. The fourth-order valence-electron chi connectivity index (χ4n) is 2.16. The monoisotopic (exact) mass is 375 g/mol. The number of benzene rings is 2. The molecule has 138 valence electrons. The zero-order valence-electron chi connectivity index (χ0n) is 14.8. The van der Waals surface area contributed by atoms with Crippen molar-refractivity contribution in [1.82, 2.24) is 0 Å². The molecule has 0 aromatic heterocycles. The van der Waals surface area contributed by atoms with Gasteiger partial charge >= 0.3 is 5.97 Å². The summed E-state index contributed by atoms with van der Waals surface area (Å²) >= 11 is 1.63. The van der Waals surface area contributed by atoms with Gasteiger partial charge in [0, 0.05) is 10.6 Å². The second-order valence-corrected chi connectivity index (χ2v) is 6.46. The number of carboxylic acids is 1. The van der Waals surface area contributed by atoms with Crippen molar-refractivity contribution in [1.29, 1.82) is 0 Å². The number of rotatable bonds is 8. The molecule has 1 amide bonds. The van der Waals surface area contributed by atoms with Gasteiger partial charge in [-0.2, -0.15) is 0 Å². The Morgan fingerprint density at radius 2 is 1.81 bits per heavy atom. The van der Waals surface area contributed by atoms with E-state index in [1.807, 2.05) is 30.5 Å². The molecule has 0 heterocycles. The Balaban J connectivity index is 1.96. The van der Waals surface area contributed by atoms with Crippen LogP contribution >= 0.6 is 11.8 Å². The molecule has 0 saturated carbocycles. The number of ether oxygens (including phenoxy) is 2. The van der Waals surface area contributed by atoms with Crippen LogP contribution in [0, 0.1) is 6.92 Å². The molecule has 0 fully saturated rings. The second kappa shape index (κ2) is 9.15. The van der Waals surface area contributed by atoms with Gasteiger partial charge in [-0.1, -0.05) is 0 Å². The van der Waals surface area contributed by atoms with Crippen molar-refractivity contribution in [3.63, 3.8) is 0 Å². The third-order valence-electron chi connectivity index (χ3n) is 3.56. The number of aliphatic carboxylic acids is 1. The van der Waals surface area contributed by atoms with Gasteiger partial charge in [0.05, 0.1) is 0 Å². The Hall–Kier alpha value is -2.67. The quantitative estimate of drug-likeness (QED) is 0.686. The molecule has 0 saturated heterocycles. The summed E-state index contributed by atoms with van der Waals surface area (Å²) in [6.07, 6.45) is 1.32. The van der Waals surface area contributed by atoms with E-state index in [1.54, 1.807) is 43.8 Å². The van der Waals surface area contributed by atoms with Crippen molar-refractivity contribution in [2.75, 3.05) is 18.2 Å². The van der Waals surface area contributed by atoms with Crippen LogP contribution in [0.4, 0.5) is 5.69 Å². The molecule has 0 radical (unpaired) electrons. The molecule has 1 atom stereocenters. The molecule has 0 bridgehead atoms. The first-order valence-corrected chi connectivity index (χ1v) is 9.18. The summed E-state index contributed by atoms with van der Waals surface area (Å²) in [6, 6.07) is 12.5. The number of aryl methyl sites for hydroxylation is 1. The number of anilines is 1. The fourth-order valence-corrected chi connectivity index (χ4v) is 2.57. The first-order chi connectivity index (χ1) is 12.4. The Kier molecular flexibility index (Phi) is 6.91. The predicted molar refractivity (Wildman–Crippen MR) is 101 cm³/mol. The molecule has 7 heteroatoms. The summed E-state index contributed by atoms with van der Waals surface area (Å²) in [5, 5.41) is 11.4. The van der Waals surface area contributed by atoms with Gasteiger partial charge < -0.3 is 19.9 Å². The normalized spacial score (nSPS) is 11.5. The third kappa shape index (κ3) is 5.70. The van der Waals surface area contributed by atoms with Crippen LogP contribution in [-0.4, -0.2) is 35.9 Å². The van der Waals surface area contributed by atoms with Gasteiger partial charge in [0.2, 0.25) is 0 Å². The van der Waals surface area contributed by atoms with Gasteiger partial charge in [-0.05, 0) is 68.1 Å². The summed E-state index contributed by atoms with van der Waals surface area (Å²) in [7, 11) is 0. The molecule has 0 aliphatic rings. The number of carbonyl (C=O) groups excluding carboxylic acids is 1. The van der Waals surface area contributed by atoms with E-state index in [2.05, 4.69) is 5.32 Å². The number of carboxylic acid groups (broad SMARTS) is 1. The van der Waals surface area contributed by atoms with Crippen LogP contribution < -0.4 is 14.8 Å². The van der Waals surface area contributed by atoms with Crippen molar-refractivity contribution in [3.05, 3.63) is 48.0 Å². The van der Waals surface area contributed by atoms with Crippen molar-refractivity contribution in [3.8, 4) is 11.5 Å². The lowest BCUT2D eigenvalue weighted by molar-refractivity contribution is -0.139. The molecular weight excluding hydrogens is 354 g/mol. The first-order valence-electron chi connectivity index (χ1n) is 7.96. The maximum atomic E-state index is 12.3. The van der Waals surface area contributed by atoms with E-state index < -0.39 is 18.7 Å². The Morgan fingerprint density at radius 3 is 2.38 bits per heavy atom. The van der Waals surface area contributed by atoms with Crippen LogP contribution in [0.25, 0.3) is 0 Å². The summed E-state index contributed by atoms with van der Waals surface area (Å²) in [4.78, 5) is 24.0. The fraction of sp³-hybridized carbons (Fsp3) is 0.263. The highest BCUT2D eigenvalue weighted by Crippen LogP contribution is 2.23. The minimum atomic E-state index is -1.04. The third-order valence-corrected chi connectivity index (χ3v) is 4.30. The lowest BCUT2D eigenvalue weighted by Gasteiger charge is -2.16. The average molecular weight is 375 g/mol.